The van der Waals surface area contributed by atoms with Crippen LogP contribution in [0.5, 0.6) is 0 Å². The summed E-state index contributed by atoms with van der Waals surface area (Å²) in [4.78, 5) is 13.6. The molecule has 0 radical (unpaired) electrons. The molecule has 162 valence electrons. The second-order valence-corrected chi connectivity index (χ2v) is 7.89. The van der Waals surface area contributed by atoms with Crippen molar-refractivity contribution in [2.45, 2.75) is 52.2 Å². The predicted octanol–water partition coefficient (Wildman–Crippen LogP) is 4.93. The van der Waals surface area contributed by atoms with Gasteiger partial charge in [-0.2, -0.15) is 5.26 Å². The molecule has 0 aliphatic heterocycles. The van der Waals surface area contributed by atoms with Crippen molar-refractivity contribution < 1.29 is 19.0 Å². The highest BCUT2D eigenvalue weighted by Crippen LogP contribution is 2.12. The molecule has 5 nitrogen and oxygen atoms in total. The quantitative estimate of drug-likeness (QED) is 0.727. The Bertz CT molecular complexity index is 813. The van der Waals surface area contributed by atoms with Crippen LogP contribution in [0, 0.1) is 17.1 Å². The van der Waals surface area contributed by atoms with E-state index in [0.29, 0.717) is 24.1 Å². The van der Waals surface area contributed by atoms with Gasteiger partial charge in [-0.15, -0.1) is 0 Å². The number of hydrogen-bond acceptors (Lipinski definition) is 4. The molecule has 2 aromatic rings. The number of nitriles is 1. The van der Waals surface area contributed by atoms with Crippen molar-refractivity contribution in [3.05, 3.63) is 71.5 Å². The summed E-state index contributed by atoms with van der Waals surface area (Å²) in [5.41, 5.74) is 0.844. The first-order valence-corrected chi connectivity index (χ1v) is 10.00. The van der Waals surface area contributed by atoms with E-state index < -0.39 is 17.8 Å². The molecule has 0 spiro atoms. The van der Waals surface area contributed by atoms with Crippen LogP contribution in [0.3, 0.4) is 0 Å². The average molecular weight is 415 g/mol. The van der Waals surface area contributed by atoms with E-state index in [1.807, 2.05) is 31.2 Å². The summed E-state index contributed by atoms with van der Waals surface area (Å²) < 4.78 is 18.5. The molecule has 0 fully saturated rings. The van der Waals surface area contributed by atoms with E-state index >= 15 is 0 Å². The predicted molar refractivity (Wildman–Crippen MR) is 115 cm³/mol. The molecule has 0 aromatic heterocycles. The van der Waals surface area contributed by atoms with Crippen molar-refractivity contribution >= 4 is 6.09 Å². The van der Waals surface area contributed by atoms with Gasteiger partial charge in [0.2, 0.25) is 0 Å². The molecule has 0 aliphatic rings. The molecule has 0 heterocycles. The van der Waals surface area contributed by atoms with Gasteiger partial charge in [0.25, 0.3) is 0 Å². The molecule has 2 rings (SSSR count). The first-order chi connectivity index (χ1) is 14.1. The van der Waals surface area contributed by atoms with E-state index in [1.54, 1.807) is 45.0 Å². The second-order valence-electron chi connectivity index (χ2n) is 7.89. The summed E-state index contributed by atoms with van der Waals surface area (Å²) in [5.74, 6) is -0.331. The van der Waals surface area contributed by atoms with Crippen molar-refractivity contribution in [2.24, 2.45) is 0 Å². The molecule has 1 unspecified atom stereocenters. The minimum Gasteiger partial charge on any atom is -0.444 e. The Morgan fingerprint density at radius 3 is 2.37 bits per heavy atom. The lowest BCUT2D eigenvalue weighted by molar-refractivity contribution is 0.0146. The maximum absolute atomic E-state index is 13.1. The molecule has 0 aliphatic carbocycles. The third-order valence-electron chi connectivity index (χ3n) is 3.84. The number of ether oxygens (including phenoxy) is 1. The second kappa shape index (κ2) is 12.6. The fourth-order valence-electron chi connectivity index (χ4n) is 2.62. The van der Waals surface area contributed by atoms with Gasteiger partial charge in [-0.1, -0.05) is 37.3 Å². The van der Waals surface area contributed by atoms with Gasteiger partial charge in [0.05, 0.1) is 24.3 Å². The topological polar surface area (TPSA) is 73.6 Å². The maximum Gasteiger partial charge on any atom is 0.410 e. The van der Waals surface area contributed by atoms with Gasteiger partial charge >= 0.3 is 6.09 Å². The molecular formula is C24H31FN2O3. The van der Waals surface area contributed by atoms with Crippen LogP contribution in [0.25, 0.3) is 0 Å². The van der Waals surface area contributed by atoms with Crippen LogP contribution in [0.2, 0.25) is 0 Å². The fourth-order valence-corrected chi connectivity index (χ4v) is 2.62. The Labute approximate surface area is 178 Å². The molecule has 0 saturated carbocycles. The number of aliphatic hydroxyl groups excluding tert-OH is 1. The van der Waals surface area contributed by atoms with Crippen LogP contribution in [0.15, 0.2) is 54.6 Å². The van der Waals surface area contributed by atoms with Gasteiger partial charge in [-0.3, -0.25) is 0 Å². The SMILES string of the molecule is CCCN(CC(O)Cc1cccc(F)c1)C(=O)OC(C)(C)C.N#Cc1ccccc1. The van der Waals surface area contributed by atoms with Crippen molar-refractivity contribution in [1.82, 2.24) is 4.90 Å². The number of nitrogens with zero attached hydrogens (tertiary/aromatic N) is 2. The number of hydrogen-bond donors (Lipinski definition) is 1. The highest BCUT2D eigenvalue weighted by Gasteiger charge is 2.23. The minimum atomic E-state index is -0.763. The molecule has 1 atom stereocenters. The van der Waals surface area contributed by atoms with Gasteiger partial charge in [-0.25, -0.2) is 9.18 Å². The monoisotopic (exact) mass is 414 g/mol. The van der Waals surface area contributed by atoms with Gasteiger partial charge < -0.3 is 14.7 Å². The number of aliphatic hydroxyl groups is 1. The lowest BCUT2D eigenvalue weighted by Gasteiger charge is -2.28. The summed E-state index contributed by atoms with van der Waals surface area (Å²) in [6, 6.07) is 17.3. The summed E-state index contributed by atoms with van der Waals surface area (Å²) >= 11 is 0. The Morgan fingerprint density at radius 1 is 1.20 bits per heavy atom. The number of amides is 1. The Morgan fingerprint density at radius 2 is 1.87 bits per heavy atom. The average Bonchev–Trinajstić information content (AvgIpc) is 2.67. The first-order valence-electron chi connectivity index (χ1n) is 10.00. The Kier molecular flexibility index (Phi) is 10.6. The van der Waals surface area contributed by atoms with E-state index in [2.05, 4.69) is 0 Å². The maximum atomic E-state index is 13.1. The van der Waals surface area contributed by atoms with Crippen LogP contribution >= 0.6 is 0 Å². The zero-order chi connectivity index (χ0) is 22.6. The van der Waals surface area contributed by atoms with Gasteiger partial charge in [-0.05, 0) is 57.0 Å². The molecule has 0 saturated heterocycles. The normalized spacial score (nSPS) is 11.5. The van der Waals surface area contributed by atoms with Crippen molar-refractivity contribution in [3.8, 4) is 6.07 Å². The van der Waals surface area contributed by atoms with Crippen LogP contribution < -0.4 is 0 Å². The first kappa shape index (κ1) is 25.1. The van der Waals surface area contributed by atoms with E-state index in [1.165, 1.54) is 17.0 Å². The molecule has 6 heteroatoms. The molecule has 30 heavy (non-hydrogen) atoms. The fraction of sp³-hybridized carbons (Fsp3) is 0.417. The summed E-state index contributed by atoms with van der Waals surface area (Å²) in [6.45, 7) is 8.04. The molecule has 2 aromatic carbocycles. The summed E-state index contributed by atoms with van der Waals surface area (Å²) in [6.07, 6.45) is -0.138. The summed E-state index contributed by atoms with van der Waals surface area (Å²) in [5, 5.41) is 18.5. The van der Waals surface area contributed by atoms with E-state index in [4.69, 9.17) is 10.00 Å². The lowest BCUT2D eigenvalue weighted by atomic mass is 10.1. The van der Waals surface area contributed by atoms with E-state index in [9.17, 15) is 14.3 Å². The largest absolute Gasteiger partial charge is 0.444 e. The number of benzene rings is 2. The number of rotatable bonds is 6. The van der Waals surface area contributed by atoms with Crippen LogP contribution in [0.1, 0.15) is 45.2 Å². The highest BCUT2D eigenvalue weighted by atomic mass is 19.1. The Balaban J connectivity index is 0.000000467. The number of carbonyl (C=O) groups is 1. The van der Waals surface area contributed by atoms with Gasteiger partial charge in [0.1, 0.15) is 11.4 Å². The Hall–Kier alpha value is -2.91. The lowest BCUT2D eigenvalue weighted by Crippen LogP contribution is -2.42. The highest BCUT2D eigenvalue weighted by molar-refractivity contribution is 5.68. The zero-order valence-corrected chi connectivity index (χ0v) is 18.1. The van der Waals surface area contributed by atoms with Crippen LogP contribution in [-0.2, 0) is 11.2 Å². The van der Waals surface area contributed by atoms with Gasteiger partial charge in [0.15, 0.2) is 0 Å². The van der Waals surface area contributed by atoms with Crippen molar-refractivity contribution in [1.29, 1.82) is 5.26 Å². The van der Waals surface area contributed by atoms with E-state index in [0.717, 1.165) is 6.42 Å². The van der Waals surface area contributed by atoms with E-state index in [-0.39, 0.29) is 12.4 Å². The van der Waals surface area contributed by atoms with Crippen molar-refractivity contribution in [3.63, 3.8) is 0 Å². The van der Waals surface area contributed by atoms with Crippen molar-refractivity contribution in [2.75, 3.05) is 13.1 Å². The third kappa shape index (κ3) is 10.6. The molecule has 0 bridgehead atoms. The summed E-state index contributed by atoms with van der Waals surface area (Å²) in [7, 11) is 0. The molecular weight excluding hydrogens is 383 g/mol. The van der Waals surface area contributed by atoms with Crippen LogP contribution in [-0.4, -0.2) is 40.9 Å². The zero-order valence-electron chi connectivity index (χ0n) is 18.1. The minimum absolute atomic E-state index is 0.166. The standard InChI is InChI=1S/C17H26FNO3.C7H5N/c1-5-9-19(16(21)22-17(2,3)4)12-15(20)11-13-7-6-8-14(18)10-13;8-6-7-4-2-1-3-5-7/h6-8,10,15,20H,5,9,11-12H2,1-4H3;1-5H. The number of halogens is 1. The smallest absolute Gasteiger partial charge is 0.410 e. The molecule has 1 N–H and O–H groups in total. The van der Waals surface area contributed by atoms with Gasteiger partial charge in [0, 0.05) is 13.0 Å². The third-order valence-corrected chi connectivity index (χ3v) is 3.84. The van der Waals surface area contributed by atoms with Crippen LogP contribution in [0.4, 0.5) is 9.18 Å². The number of carbonyl (C=O) groups excluding carboxylic acids is 1. The molecule has 1 amide bonds.